The average molecular weight is 264 g/mol. The summed E-state index contributed by atoms with van der Waals surface area (Å²) in [5, 5.41) is 3.38. The van der Waals surface area contributed by atoms with Crippen LogP contribution in [0.15, 0.2) is 24.3 Å². The first-order valence-electron chi connectivity index (χ1n) is 7.35. The highest BCUT2D eigenvalue weighted by atomic mass is 19.1. The highest BCUT2D eigenvalue weighted by Gasteiger charge is 2.18. The fraction of sp³-hybridized carbons (Fsp3) is 0.625. The molecule has 1 atom stereocenters. The van der Waals surface area contributed by atoms with Gasteiger partial charge in [0, 0.05) is 26.2 Å². The van der Waals surface area contributed by atoms with Gasteiger partial charge >= 0.3 is 0 Å². The zero-order chi connectivity index (χ0) is 13.7. The third kappa shape index (κ3) is 4.29. The van der Waals surface area contributed by atoms with Crippen LogP contribution in [0, 0.1) is 11.7 Å². The molecule has 0 aliphatic carbocycles. The van der Waals surface area contributed by atoms with Crippen LogP contribution in [0.5, 0.6) is 0 Å². The van der Waals surface area contributed by atoms with Crippen molar-refractivity contribution in [2.75, 3.05) is 32.7 Å². The van der Waals surface area contributed by atoms with Gasteiger partial charge in [-0.2, -0.15) is 0 Å². The van der Waals surface area contributed by atoms with Crippen LogP contribution in [0.25, 0.3) is 0 Å². The minimum Gasteiger partial charge on any atom is -0.314 e. The van der Waals surface area contributed by atoms with Gasteiger partial charge in [-0.25, -0.2) is 4.39 Å². The van der Waals surface area contributed by atoms with E-state index >= 15 is 0 Å². The van der Waals surface area contributed by atoms with Gasteiger partial charge in [0.05, 0.1) is 0 Å². The lowest BCUT2D eigenvalue weighted by Gasteiger charge is -2.30. The van der Waals surface area contributed by atoms with Crippen molar-refractivity contribution in [2.24, 2.45) is 5.92 Å². The smallest absolute Gasteiger partial charge is 0.123 e. The van der Waals surface area contributed by atoms with Crippen molar-refractivity contribution < 1.29 is 4.39 Å². The molecule has 2 rings (SSSR count). The molecular weight excluding hydrogens is 239 g/mol. The summed E-state index contributed by atoms with van der Waals surface area (Å²) in [4.78, 5) is 2.52. The van der Waals surface area contributed by atoms with Crippen LogP contribution in [0.4, 0.5) is 4.39 Å². The van der Waals surface area contributed by atoms with Crippen LogP contribution >= 0.6 is 0 Å². The SMILES string of the molecule is CC(C)C(CCN1CCNCC1)c1ccc(F)cc1. The van der Waals surface area contributed by atoms with Crippen LogP contribution < -0.4 is 5.32 Å². The molecule has 1 aliphatic rings. The van der Waals surface area contributed by atoms with Crippen molar-refractivity contribution in [1.29, 1.82) is 0 Å². The predicted octanol–water partition coefficient (Wildman–Crippen LogP) is 2.86. The molecule has 1 saturated heterocycles. The Bertz CT molecular complexity index is 369. The summed E-state index contributed by atoms with van der Waals surface area (Å²) in [7, 11) is 0. The summed E-state index contributed by atoms with van der Waals surface area (Å²) in [5.74, 6) is 0.970. The van der Waals surface area contributed by atoms with E-state index in [1.165, 1.54) is 5.56 Å². The van der Waals surface area contributed by atoms with Gasteiger partial charge in [0.1, 0.15) is 5.82 Å². The second-order valence-electron chi connectivity index (χ2n) is 5.78. The average Bonchev–Trinajstić information content (AvgIpc) is 2.42. The number of piperazine rings is 1. The van der Waals surface area contributed by atoms with E-state index in [1.807, 2.05) is 12.1 Å². The molecule has 1 fully saturated rings. The largest absolute Gasteiger partial charge is 0.314 e. The first-order chi connectivity index (χ1) is 9.16. The summed E-state index contributed by atoms with van der Waals surface area (Å²) >= 11 is 0. The molecule has 0 aromatic heterocycles. The molecule has 1 aliphatic heterocycles. The fourth-order valence-electron chi connectivity index (χ4n) is 2.85. The number of hydrogen-bond acceptors (Lipinski definition) is 2. The van der Waals surface area contributed by atoms with Crippen molar-refractivity contribution in [3.8, 4) is 0 Å². The molecule has 2 nitrogen and oxygen atoms in total. The molecule has 1 aromatic carbocycles. The zero-order valence-electron chi connectivity index (χ0n) is 12.0. The number of nitrogens with zero attached hydrogens (tertiary/aromatic N) is 1. The second kappa shape index (κ2) is 7.01. The molecule has 0 radical (unpaired) electrons. The van der Waals surface area contributed by atoms with E-state index in [-0.39, 0.29) is 5.82 Å². The normalized spacial score (nSPS) is 18.7. The molecule has 0 saturated carbocycles. The van der Waals surface area contributed by atoms with Gasteiger partial charge in [-0.3, -0.25) is 0 Å². The first-order valence-corrected chi connectivity index (χ1v) is 7.35. The van der Waals surface area contributed by atoms with E-state index in [0.29, 0.717) is 11.8 Å². The number of halogens is 1. The number of rotatable bonds is 5. The lowest BCUT2D eigenvalue weighted by molar-refractivity contribution is 0.226. The van der Waals surface area contributed by atoms with E-state index in [1.54, 1.807) is 12.1 Å². The molecule has 0 bridgehead atoms. The molecule has 1 unspecified atom stereocenters. The minimum absolute atomic E-state index is 0.145. The Morgan fingerprint density at radius 3 is 2.37 bits per heavy atom. The van der Waals surface area contributed by atoms with Crippen molar-refractivity contribution in [1.82, 2.24) is 10.2 Å². The van der Waals surface area contributed by atoms with E-state index in [9.17, 15) is 4.39 Å². The molecule has 1 N–H and O–H groups in total. The number of nitrogens with one attached hydrogen (secondary N) is 1. The first kappa shape index (κ1) is 14.5. The van der Waals surface area contributed by atoms with Gasteiger partial charge in [-0.05, 0) is 42.5 Å². The molecule has 0 amide bonds. The lowest BCUT2D eigenvalue weighted by Crippen LogP contribution is -2.44. The van der Waals surface area contributed by atoms with Gasteiger partial charge in [-0.15, -0.1) is 0 Å². The van der Waals surface area contributed by atoms with E-state index in [0.717, 1.165) is 39.1 Å². The standard InChI is InChI=1S/C16H25FN2/c1-13(2)16(14-3-5-15(17)6-4-14)7-10-19-11-8-18-9-12-19/h3-6,13,16,18H,7-12H2,1-2H3. The van der Waals surface area contributed by atoms with E-state index in [4.69, 9.17) is 0 Å². The Balaban J connectivity index is 1.94. The van der Waals surface area contributed by atoms with Gasteiger partial charge < -0.3 is 10.2 Å². The van der Waals surface area contributed by atoms with Crippen molar-refractivity contribution in [3.05, 3.63) is 35.6 Å². The fourth-order valence-corrected chi connectivity index (χ4v) is 2.85. The highest BCUT2D eigenvalue weighted by molar-refractivity contribution is 5.21. The Hall–Kier alpha value is -0.930. The van der Waals surface area contributed by atoms with Crippen molar-refractivity contribution in [3.63, 3.8) is 0 Å². The van der Waals surface area contributed by atoms with E-state index in [2.05, 4.69) is 24.1 Å². The zero-order valence-corrected chi connectivity index (χ0v) is 12.0. The van der Waals surface area contributed by atoms with E-state index < -0.39 is 0 Å². The quantitative estimate of drug-likeness (QED) is 0.879. The molecule has 1 heterocycles. The van der Waals surface area contributed by atoms with Crippen molar-refractivity contribution in [2.45, 2.75) is 26.2 Å². The monoisotopic (exact) mass is 264 g/mol. The van der Waals surface area contributed by atoms with Crippen LogP contribution in [-0.2, 0) is 0 Å². The summed E-state index contributed by atoms with van der Waals surface area (Å²) in [5.41, 5.74) is 1.27. The van der Waals surface area contributed by atoms with Gasteiger partial charge in [0.25, 0.3) is 0 Å². The van der Waals surface area contributed by atoms with Crippen LogP contribution in [0.3, 0.4) is 0 Å². The van der Waals surface area contributed by atoms with Crippen molar-refractivity contribution >= 4 is 0 Å². The second-order valence-corrected chi connectivity index (χ2v) is 5.78. The third-order valence-electron chi connectivity index (χ3n) is 4.07. The van der Waals surface area contributed by atoms with Gasteiger partial charge in [0.2, 0.25) is 0 Å². The summed E-state index contributed by atoms with van der Waals surface area (Å²) < 4.78 is 13.0. The minimum atomic E-state index is -0.145. The molecule has 19 heavy (non-hydrogen) atoms. The van der Waals surface area contributed by atoms with Gasteiger partial charge in [0.15, 0.2) is 0 Å². The van der Waals surface area contributed by atoms with Crippen LogP contribution in [0.1, 0.15) is 31.7 Å². The molecule has 106 valence electrons. The van der Waals surface area contributed by atoms with Crippen LogP contribution in [-0.4, -0.2) is 37.6 Å². The maximum atomic E-state index is 13.0. The summed E-state index contributed by atoms with van der Waals surface area (Å²) in [6.45, 7) is 10.1. The molecule has 3 heteroatoms. The number of hydrogen-bond donors (Lipinski definition) is 1. The number of benzene rings is 1. The lowest BCUT2D eigenvalue weighted by atomic mass is 9.85. The Morgan fingerprint density at radius 1 is 1.16 bits per heavy atom. The molecular formula is C16H25FN2. The summed E-state index contributed by atoms with van der Waals surface area (Å²) in [6.07, 6.45) is 1.16. The molecule has 1 aromatic rings. The Kier molecular flexibility index (Phi) is 5.34. The third-order valence-corrected chi connectivity index (χ3v) is 4.07. The van der Waals surface area contributed by atoms with Crippen LogP contribution in [0.2, 0.25) is 0 Å². The maximum Gasteiger partial charge on any atom is 0.123 e. The van der Waals surface area contributed by atoms with Gasteiger partial charge in [-0.1, -0.05) is 26.0 Å². The summed E-state index contributed by atoms with van der Waals surface area (Å²) in [6, 6.07) is 7.04. The predicted molar refractivity (Wildman–Crippen MR) is 77.9 cm³/mol. The maximum absolute atomic E-state index is 13.0. The Labute approximate surface area is 116 Å². The highest BCUT2D eigenvalue weighted by Crippen LogP contribution is 2.28. The molecule has 0 spiro atoms. The Morgan fingerprint density at radius 2 is 1.79 bits per heavy atom. The topological polar surface area (TPSA) is 15.3 Å².